The molecule has 7 heterocycles. The van der Waals surface area contributed by atoms with Crippen LogP contribution in [0.4, 0.5) is 0 Å². The quantitative estimate of drug-likeness (QED) is 0.0879. The van der Waals surface area contributed by atoms with Gasteiger partial charge in [-0.2, -0.15) is 4.89 Å². The number of carbonyl (C=O) groups excluding carboxylic acids is 1. The van der Waals surface area contributed by atoms with Crippen LogP contribution in [0.5, 0.6) is 0 Å². The van der Waals surface area contributed by atoms with E-state index in [-0.39, 0.29) is 36.4 Å². The molecule has 0 unspecified atom stereocenters. The van der Waals surface area contributed by atoms with Crippen LogP contribution in [0.1, 0.15) is 159 Å². The van der Waals surface area contributed by atoms with Crippen molar-refractivity contribution in [2.24, 2.45) is 28.6 Å². The van der Waals surface area contributed by atoms with Crippen molar-refractivity contribution >= 4 is 5.97 Å². The van der Waals surface area contributed by atoms with Crippen molar-refractivity contribution in [3.05, 3.63) is 11.6 Å². The minimum Gasteiger partial charge on any atom is -0.457 e. The first-order valence-corrected chi connectivity index (χ1v) is 32.7. The molecule has 498 valence electrons. The number of rotatable bonds is 16. The SMILES string of the molecule is CO[C@H]1C[C@H](O[C@H]2[C@@H](OC)C[C@H](O[C@H]3[C@H](O)C[C@H](O[C@H]4[C@@H](OC)C[C@H](O[C@@H]5[C@@H](C)O[C@@]6(CO[C@@H]7C[C@H](O[C@@H](C)[C@@]8(O)CC[C@H]9[C@@H]%10CC=C%11C[C@@H](O)CC[C@]%11(C)[C@H]%10CC[C@@]98C)O[C@H](C)[C@H]7OO6)C[C@H]5OC)O[C@@H]4C)O[C@@H]3C)O[C@@H]2C)O[C@H](C)[C@H]1OC(C)=O. The van der Waals surface area contributed by atoms with Gasteiger partial charge in [-0.3, -0.25) is 4.79 Å². The van der Waals surface area contributed by atoms with Gasteiger partial charge in [0.25, 0.3) is 0 Å². The maximum atomic E-state index is 12.8. The van der Waals surface area contributed by atoms with Crippen molar-refractivity contribution in [1.29, 1.82) is 0 Å². The Morgan fingerprint density at radius 3 is 1.74 bits per heavy atom. The highest BCUT2D eigenvalue weighted by Gasteiger charge is 2.66. The number of esters is 1. The molecule has 4 aliphatic carbocycles. The molecule has 0 bridgehead atoms. The Labute approximate surface area is 514 Å². The normalized spacial score (nSPS) is 52.3. The Kier molecular flexibility index (Phi) is 20.7. The molecule has 7 aliphatic heterocycles. The lowest BCUT2D eigenvalue weighted by molar-refractivity contribution is -0.472. The zero-order valence-electron chi connectivity index (χ0n) is 53.9. The monoisotopic (exact) mass is 1240 g/mol. The highest BCUT2D eigenvalue weighted by molar-refractivity contribution is 5.66. The van der Waals surface area contributed by atoms with E-state index < -0.39 is 165 Å². The fourth-order valence-electron chi connectivity index (χ4n) is 17.9. The van der Waals surface area contributed by atoms with Crippen LogP contribution in [-0.4, -0.2) is 221 Å². The largest absolute Gasteiger partial charge is 0.457 e. The molecule has 23 heteroatoms. The number of fused-ring (bicyclic) bond motifs is 6. The molecule has 0 aromatic carbocycles. The van der Waals surface area contributed by atoms with Crippen LogP contribution >= 0.6 is 0 Å². The summed E-state index contributed by atoms with van der Waals surface area (Å²) in [5.74, 6) is -0.286. The third-order valence-corrected chi connectivity index (χ3v) is 22.8. The summed E-state index contributed by atoms with van der Waals surface area (Å²) < 4.78 is 107. The van der Waals surface area contributed by atoms with Gasteiger partial charge in [-0.25, -0.2) is 4.89 Å². The van der Waals surface area contributed by atoms with E-state index in [1.807, 2.05) is 48.5 Å². The molecule has 0 aromatic rings. The van der Waals surface area contributed by atoms with E-state index in [4.69, 9.17) is 90.3 Å². The van der Waals surface area contributed by atoms with Gasteiger partial charge >= 0.3 is 5.97 Å². The van der Waals surface area contributed by atoms with Crippen molar-refractivity contribution in [1.82, 2.24) is 0 Å². The first kappa shape index (κ1) is 66.8. The summed E-state index contributed by atoms with van der Waals surface area (Å²) in [5.41, 5.74) is 0.239. The standard InChI is InChI=1S/C64H104O23/c1-31-55(81-52-26-46(70-12)58(34(4)76-52)83-53-25-45(69-11)56(32(2)75-53)80-38(8)65)44(67)24-50(74-31)82-57-33(3)77-54(27-47(57)71-13)84-59-36(6)85-63(29-49(59)72-14)30-73-48-28-51(78-35(5)60(48)86-87-63)79-37(7)64(68)22-19-43-41-16-15-39-23-40(66)17-20-61(39,9)42(41)18-21-62(43,64)10/h15,31-37,40-60,66-68H,16-30H2,1-14H3/t31-,32-,33-,34-,35-,36-,37+,40+,41-,42+,43+,44-,45+,46+,47+,48-,49-,50+,51+,52+,53+,54+,55-,56-,57-,58-,59-,60-,61+,62+,63+,64+/m1/s1. The van der Waals surface area contributed by atoms with E-state index in [1.165, 1.54) is 12.5 Å². The van der Waals surface area contributed by atoms with Gasteiger partial charge in [-0.1, -0.05) is 25.5 Å². The number of methoxy groups -OCH3 is 4. The molecule has 23 nitrogen and oxygen atoms in total. The van der Waals surface area contributed by atoms with Gasteiger partial charge in [0, 0.05) is 79.3 Å². The number of hydrogen-bond acceptors (Lipinski definition) is 23. The molecule has 11 aliphatic rings. The predicted octanol–water partition coefficient (Wildman–Crippen LogP) is 6.23. The third-order valence-electron chi connectivity index (χ3n) is 22.8. The molecular weight excluding hydrogens is 1140 g/mol. The van der Waals surface area contributed by atoms with Crippen LogP contribution in [0.2, 0.25) is 0 Å². The van der Waals surface area contributed by atoms with Crippen LogP contribution in [-0.2, 0) is 95.1 Å². The van der Waals surface area contributed by atoms with Gasteiger partial charge < -0.3 is 95.8 Å². The molecule has 1 spiro atoms. The van der Waals surface area contributed by atoms with Crippen LogP contribution in [0.3, 0.4) is 0 Å². The molecule has 10 fully saturated rings. The van der Waals surface area contributed by atoms with E-state index in [1.54, 1.807) is 28.4 Å². The molecule has 3 N–H and O–H groups in total. The fraction of sp³-hybridized carbons (Fsp3) is 0.953. The van der Waals surface area contributed by atoms with Crippen molar-refractivity contribution < 1.29 is 110 Å². The fourth-order valence-corrected chi connectivity index (χ4v) is 17.9. The van der Waals surface area contributed by atoms with Gasteiger partial charge in [0.2, 0.25) is 5.79 Å². The molecule has 0 amide bonds. The maximum Gasteiger partial charge on any atom is 0.303 e. The van der Waals surface area contributed by atoms with Gasteiger partial charge in [-0.15, -0.1) is 0 Å². The van der Waals surface area contributed by atoms with Gasteiger partial charge in [0.05, 0.1) is 85.0 Å². The lowest BCUT2D eigenvalue weighted by atomic mass is 9.46. The summed E-state index contributed by atoms with van der Waals surface area (Å²) in [4.78, 5) is 24.2. The summed E-state index contributed by atoms with van der Waals surface area (Å²) in [5, 5.41) is 35.0. The molecule has 11 rings (SSSR count). The van der Waals surface area contributed by atoms with Gasteiger partial charge in [0.15, 0.2) is 37.6 Å². The van der Waals surface area contributed by atoms with E-state index in [2.05, 4.69) is 19.9 Å². The average molecular weight is 1240 g/mol. The minimum absolute atomic E-state index is 0.0545. The molecule has 32 atom stereocenters. The topological polar surface area (TPSA) is 253 Å². The number of aliphatic hydroxyl groups excluding tert-OH is 2. The Balaban J connectivity index is 0.640. The van der Waals surface area contributed by atoms with Crippen molar-refractivity contribution in [2.45, 2.75) is 324 Å². The summed E-state index contributed by atoms with van der Waals surface area (Å²) in [7, 11) is 6.42. The van der Waals surface area contributed by atoms with Gasteiger partial charge in [0.1, 0.15) is 43.2 Å². The number of carbonyl (C=O) groups is 1. The van der Waals surface area contributed by atoms with Crippen LogP contribution in [0.15, 0.2) is 11.6 Å². The first-order chi connectivity index (χ1) is 41.4. The van der Waals surface area contributed by atoms with Crippen LogP contribution in [0.25, 0.3) is 0 Å². The Bertz CT molecular complexity index is 2320. The van der Waals surface area contributed by atoms with E-state index >= 15 is 0 Å². The van der Waals surface area contributed by atoms with E-state index in [9.17, 15) is 20.1 Å². The Morgan fingerprint density at radius 1 is 0.621 bits per heavy atom. The second-order valence-electron chi connectivity index (χ2n) is 28.0. The summed E-state index contributed by atoms with van der Waals surface area (Å²) in [6.07, 6.45) is -2.71. The second kappa shape index (κ2) is 27.0. The molecule has 87 heavy (non-hydrogen) atoms. The summed E-state index contributed by atoms with van der Waals surface area (Å²) in [6, 6.07) is 0. The highest BCUT2D eigenvalue weighted by Crippen LogP contribution is 2.68. The molecule has 3 saturated carbocycles. The van der Waals surface area contributed by atoms with E-state index in [0.717, 1.165) is 44.9 Å². The van der Waals surface area contributed by atoms with Gasteiger partial charge in [-0.05, 0) is 123 Å². The number of allylic oxidation sites excluding steroid dienone is 1. The smallest absolute Gasteiger partial charge is 0.303 e. The first-order valence-electron chi connectivity index (χ1n) is 32.7. The number of hydrogen-bond donors (Lipinski definition) is 3. The molecule has 0 aromatic heterocycles. The van der Waals surface area contributed by atoms with Crippen LogP contribution < -0.4 is 0 Å². The second-order valence-corrected chi connectivity index (χ2v) is 28.0. The Morgan fingerprint density at radius 2 is 1.15 bits per heavy atom. The zero-order chi connectivity index (χ0) is 62.1. The Hall–Kier alpha value is -1.63. The minimum atomic E-state index is -1.32. The molecule has 0 radical (unpaired) electrons. The van der Waals surface area contributed by atoms with E-state index in [0.29, 0.717) is 49.9 Å². The lowest BCUT2D eigenvalue weighted by Crippen LogP contribution is -2.60. The summed E-state index contributed by atoms with van der Waals surface area (Å²) >= 11 is 0. The third kappa shape index (κ3) is 13.2. The molecular formula is C64H104O23. The highest BCUT2D eigenvalue weighted by atomic mass is 17.2. The van der Waals surface area contributed by atoms with Crippen molar-refractivity contribution in [3.63, 3.8) is 0 Å². The zero-order valence-corrected chi connectivity index (χ0v) is 53.9. The number of ether oxygens (including phenoxy) is 17. The maximum absolute atomic E-state index is 12.8. The van der Waals surface area contributed by atoms with Crippen molar-refractivity contribution in [3.8, 4) is 0 Å². The van der Waals surface area contributed by atoms with Crippen LogP contribution in [0, 0.1) is 28.6 Å². The summed E-state index contributed by atoms with van der Waals surface area (Å²) in [6.45, 7) is 19.4. The lowest BCUT2D eigenvalue weighted by Gasteiger charge is -2.59. The molecule has 7 saturated heterocycles. The average Bonchev–Trinajstić information content (AvgIpc) is 1.65. The van der Waals surface area contributed by atoms with Crippen molar-refractivity contribution in [2.75, 3.05) is 35.0 Å². The predicted molar refractivity (Wildman–Crippen MR) is 306 cm³/mol. The number of aliphatic hydroxyl groups is 3.